The van der Waals surface area contributed by atoms with Crippen molar-refractivity contribution in [3.8, 4) is 0 Å². The van der Waals surface area contributed by atoms with Gasteiger partial charge in [-0.2, -0.15) is 0 Å². The lowest BCUT2D eigenvalue weighted by Gasteiger charge is -2.21. The van der Waals surface area contributed by atoms with E-state index in [2.05, 4.69) is 12.2 Å². The Labute approximate surface area is 155 Å². The van der Waals surface area contributed by atoms with Gasteiger partial charge in [-0.3, -0.25) is 9.59 Å². The van der Waals surface area contributed by atoms with E-state index in [1.165, 1.54) is 0 Å². The van der Waals surface area contributed by atoms with Gasteiger partial charge in [-0.1, -0.05) is 73.5 Å². The van der Waals surface area contributed by atoms with Crippen LogP contribution in [0.3, 0.4) is 0 Å². The van der Waals surface area contributed by atoms with Gasteiger partial charge in [0.1, 0.15) is 0 Å². The van der Waals surface area contributed by atoms with Gasteiger partial charge in [0.15, 0.2) is 6.10 Å². The Hall–Kier alpha value is -2.62. The predicted octanol–water partition coefficient (Wildman–Crippen LogP) is 4.13. The number of nitrogens with one attached hydrogen (secondary N) is 1. The van der Waals surface area contributed by atoms with Crippen LogP contribution < -0.4 is 5.32 Å². The molecule has 2 rings (SSSR count). The van der Waals surface area contributed by atoms with Crippen LogP contribution >= 0.6 is 0 Å². The Balaban J connectivity index is 1.90. The van der Waals surface area contributed by atoms with Gasteiger partial charge in [-0.25, -0.2) is 0 Å². The summed E-state index contributed by atoms with van der Waals surface area (Å²) in [6, 6.07) is 17.5. The van der Waals surface area contributed by atoms with E-state index in [4.69, 9.17) is 4.74 Å². The van der Waals surface area contributed by atoms with Gasteiger partial charge in [0.05, 0.1) is 12.5 Å². The number of carbonyl (C=O) groups is 2. The SMILES string of the molecule is CCC[C@H](NC(=O)[C@@H](C)OC(=O)Cc1ccc(C)cc1)c1ccccc1. The van der Waals surface area contributed by atoms with E-state index in [9.17, 15) is 9.59 Å². The Morgan fingerprint density at radius 2 is 1.69 bits per heavy atom. The lowest BCUT2D eigenvalue weighted by molar-refractivity contribution is -0.154. The molecule has 0 saturated carbocycles. The first-order valence-corrected chi connectivity index (χ1v) is 9.10. The second-order valence-electron chi connectivity index (χ2n) is 6.55. The third-order valence-corrected chi connectivity index (χ3v) is 4.24. The molecule has 0 radical (unpaired) electrons. The first-order chi connectivity index (χ1) is 12.5. The Morgan fingerprint density at radius 1 is 1.04 bits per heavy atom. The lowest BCUT2D eigenvalue weighted by atomic mass is 10.0. The zero-order valence-electron chi connectivity index (χ0n) is 15.7. The molecule has 0 saturated heterocycles. The predicted molar refractivity (Wildman–Crippen MR) is 103 cm³/mol. The maximum absolute atomic E-state index is 12.4. The number of hydrogen-bond acceptors (Lipinski definition) is 3. The molecule has 0 unspecified atom stereocenters. The smallest absolute Gasteiger partial charge is 0.311 e. The summed E-state index contributed by atoms with van der Waals surface area (Å²) in [5.41, 5.74) is 3.07. The molecule has 0 aromatic heterocycles. The number of esters is 1. The Kier molecular flexibility index (Phi) is 7.39. The highest BCUT2D eigenvalue weighted by molar-refractivity contribution is 5.84. The summed E-state index contributed by atoms with van der Waals surface area (Å²) in [6.07, 6.45) is 1.12. The van der Waals surface area contributed by atoms with Crippen molar-refractivity contribution in [1.29, 1.82) is 0 Å². The topological polar surface area (TPSA) is 55.4 Å². The number of benzene rings is 2. The molecule has 0 heterocycles. The Bertz CT molecular complexity index is 710. The molecule has 2 aromatic rings. The third kappa shape index (κ3) is 6.03. The van der Waals surface area contributed by atoms with Crippen LogP contribution in [-0.4, -0.2) is 18.0 Å². The molecule has 4 heteroatoms. The van der Waals surface area contributed by atoms with Crippen LogP contribution in [0.4, 0.5) is 0 Å². The van der Waals surface area contributed by atoms with Crippen LogP contribution in [0.25, 0.3) is 0 Å². The molecule has 0 aliphatic carbocycles. The molecule has 26 heavy (non-hydrogen) atoms. The van der Waals surface area contributed by atoms with Crippen molar-refractivity contribution in [3.63, 3.8) is 0 Å². The van der Waals surface area contributed by atoms with Crippen molar-refractivity contribution in [2.75, 3.05) is 0 Å². The van der Waals surface area contributed by atoms with Crippen molar-refractivity contribution >= 4 is 11.9 Å². The summed E-state index contributed by atoms with van der Waals surface area (Å²) in [4.78, 5) is 24.5. The van der Waals surface area contributed by atoms with Gasteiger partial charge < -0.3 is 10.1 Å². The van der Waals surface area contributed by atoms with Crippen LogP contribution in [0.15, 0.2) is 54.6 Å². The quantitative estimate of drug-likeness (QED) is 0.726. The van der Waals surface area contributed by atoms with E-state index < -0.39 is 12.1 Å². The van der Waals surface area contributed by atoms with Crippen molar-refractivity contribution in [1.82, 2.24) is 5.32 Å². The summed E-state index contributed by atoms with van der Waals surface area (Å²) in [5.74, 6) is -0.673. The monoisotopic (exact) mass is 353 g/mol. The van der Waals surface area contributed by atoms with E-state index >= 15 is 0 Å². The number of rotatable bonds is 8. The minimum absolute atomic E-state index is 0.0769. The Morgan fingerprint density at radius 3 is 2.31 bits per heavy atom. The van der Waals surface area contributed by atoms with E-state index in [1.807, 2.05) is 61.5 Å². The van der Waals surface area contributed by atoms with E-state index in [0.29, 0.717) is 0 Å². The summed E-state index contributed by atoms with van der Waals surface area (Å²) >= 11 is 0. The molecular formula is C22H27NO3. The fraction of sp³-hybridized carbons (Fsp3) is 0.364. The highest BCUT2D eigenvalue weighted by atomic mass is 16.5. The first kappa shape index (κ1) is 19.7. The van der Waals surface area contributed by atoms with Gasteiger partial charge >= 0.3 is 5.97 Å². The molecule has 2 atom stereocenters. The van der Waals surface area contributed by atoms with Crippen molar-refractivity contribution in [3.05, 3.63) is 71.3 Å². The molecule has 0 bridgehead atoms. The molecule has 2 aromatic carbocycles. The molecule has 1 N–H and O–H groups in total. The first-order valence-electron chi connectivity index (χ1n) is 9.10. The van der Waals surface area contributed by atoms with E-state index in [0.717, 1.165) is 29.5 Å². The number of amides is 1. The fourth-order valence-corrected chi connectivity index (χ4v) is 2.75. The average molecular weight is 353 g/mol. The van der Waals surface area contributed by atoms with Crippen molar-refractivity contribution in [2.24, 2.45) is 0 Å². The number of carbonyl (C=O) groups excluding carboxylic acids is 2. The molecule has 0 aliphatic heterocycles. The second-order valence-corrected chi connectivity index (χ2v) is 6.55. The summed E-state index contributed by atoms with van der Waals surface area (Å²) in [5, 5.41) is 2.99. The molecule has 0 aliphatic rings. The maximum Gasteiger partial charge on any atom is 0.311 e. The molecule has 4 nitrogen and oxygen atoms in total. The summed E-state index contributed by atoms with van der Waals surface area (Å²) in [7, 11) is 0. The largest absolute Gasteiger partial charge is 0.452 e. The van der Waals surface area contributed by atoms with Gasteiger partial charge in [0, 0.05) is 0 Å². The summed E-state index contributed by atoms with van der Waals surface area (Å²) in [6.45, 7) is 5.68. The number of aryl methyl sites for hydroxylation is 1. The minimum Gasteiger partial charge on any atom is -0.452 e. The standard InChI is InChI=1S/C22H27NO3/c1-4-8-20(19-9-6-5-7-10-19)23-22(25)17(3)26-21(24)15-18-13-11-16(2)12-14-18/h5-7,9-14,17,20H,4,8,15H2,1-3H3,(H,23,25)/t17-,20+/m1/s1. The highest BCUT2D eigenvalue weighted by Crippen LogP contribution is 2.18. The van der Waals surface area contributed by atoms with E-state index in [-0.39, 0.29) is 18.4 Å². The molecule has 138 valence electrons. The van der Waals surface area contributed by atoms with Gasteiger partial charge in [0.25, 0.3) is 5.91 Å². The molecule has 0 fully saturated rings. The lowest BCUT2D eigenvalue weighted by Crippen LogP contribution is -2.38. The zero-order valence-corrected chi connectivity index (χ0v) is 15.7. The normalized spacial score (nSPS) is 12.9. The van der Waals surface area contributed by atoms with Crippen molar-refractivity contribution < 1.29 is 14.3 Å². The molecular weight excluding hydrogens is 326 g/mol. The van der Waals surface area contributed by atoms with Gasteiger partial charge in [-0.15, -0.1) is 0 Å². The average Bonchev–Trinajstić information content (AvgIpc) is 2.63. The molecule has 0 spiro atoms. The number of hydrogen-bond donors (Lipinski definition) is 1. The molecule has 1 amide bonds. The third-order valence-electron chi connectivity index (χ3n) is 4.24. The highest BCUT2D eigenvalue weighted by Gasteiger charge is 2.21. The van der Waals surface area contributed by atoms with Gasteiger partial charge in [-0.05, 0) is 31.4 Å². The van der Waals surface area contributed by atoms with Crippen LogP contribution in [0.5, 0.6) is 0 Å². The maximum atomic E-state index is 12.4. The van der Waals surface area contributed by atoms with Crippen LogP contribution in [0.2, 0.25) is 0 Å². The van der Waals surface area contributed by atoms with E-state index in [1.54, 1.807) is 6.92 Å². The van der Waals surface area contributed by atoms with Crippen LogP contribution in [0.1, 0.15) is 49.4 Å². The van der Waals surface area contributed by atoms with Crippen molar-refractivity contribution in [2.45, 2.75) is 52.2 Å². The summed E-state index contributed by atoms with van der Waals surface area (Å²) < 4.78 is 5.31. The second kappa shape index (κ2) is 9.76. The van der Waals surface area contributed by atoms with Crippen LogP contribution in [-0.2, 0) is 20.7 Å². The van der Waals surface area contributed by atoms with Gasteiger partial charge in [0.2, 0.25) is 0 Å². The zero-order chi connectivity index (χ0) is 18.9. The minimum atomic E-state index is -0.823. The van der Waals surface area contributed by atoms with Crippen LogP contribution in [0, 0.1) is 6.92 Å². The number of ether oxygens (including phenoxy) is 1. The fourth-order valence-electron chi connectivity index (χ4n) is 2.75.